The molecule has 0 aliphatic heterocycles. The van der Waals surface area contributed by atoms with Crippen LogP contribution in [0.25, 0.3) is 0 Å². The van der Waals surface area contributed by atoms with Crippen LogP contribution in [0.15, 0.2) is 66.4 Å². The van der Waals surface area contributed by atoms with Crippen molar-refractivity contribution in [1.29, 1.82) is 0 Å². The molecule has 1 saturated carbocycles. The molecular weight excluding hydrogens is 286 g/mol. The van der Waals surface area contributed by atoms with Crippen molar-refractivity contribution in [3.63, 3.8) is 0 Å². The van der Waals surface area contributed by atoms with Gasteiger partial charge >= 0.3 is 0 Å². The lowest BCUT2D eigenvalue weighted by Crippen LogP contribution is -2.02. The van der Waals surface area contributed by atoms with Gasteiger partial charge in [0.2, 0.25) is 0 Å². The molecule has 0 saturated heterocycles. The Morgan fingerprint density at radius 3 is 2.30 bits per heavy atom. The Bertz CT molecular complexity index is 675. The first-order valence-electron chi connectivity index (χ1n) is 8.13. The van der Waals surface area contributed by atoms with Crippen molar-refractivity contribution in [2.75, 3.05) is 5.32 Å². The molecule has 1 N–H and O–H groups in total. The SMILES string of the molecule is O=C1CCCCC/C1=C\Nc1ccc(Oc2ccccc2)cc1. The monoisotopic (exact) mass is 307 g/mol. The second kappa shape index (κ2) is 7.63. The Balaban J connectivity index is 1.62. The van der Waals surface area contributed by atoms with Crippen LogP contribution in [0.5, 0.6) is 11.5 Å². The summed E-state index contributed by atoms with van der Waals surface area (Å²) in [6.45, 7) is 0. The summed E-state index contributed by atoms with van der Waals surface area (Å²) in [5.74, 6) is 1.89. The minimum absolute atomic E-state index is 0.277. The summed E-state index contributed by atoms with van der Waals surface area (Å²) in [5.41, 5.74) is 1.86. The van der Waals surface area contributed by atoms with Crippen molar-refractivity contribution in [3.8, 4) is 11.5 Å². The fourth-order valence-corrected chi connectivity index (χ4v) is 2.64. The predicted molar refractivity (Wildman–Crippen MR) is 92.8 cm³/mol. The minimum atomic E-state index is 0.277. The van der Waals surface area contributed by atoms with Gasteiger partial charge in [-0.3, -0.25) is 4.79 Å². The Hall–Kier alpha value is -2.55. The standard InChI is InChI=1S/C20H21NO2/c22-20-10-6-1-3-7-16(20)15-21-17-11-13-19(14-12-17)23-18-8-4-2-5-9-18/h2,4-5,8-9,11-15,21H,1,3,6-7,10H2/b16-15+. The average Bonchev–Trinajstić information content (AvgIpc) is 2.79. The van der Waals surface area contributed by atoms with Crippen molar-refractivity contribution in [2.24, 2.45) is 0 Å². The highest BCUT2D eigenvalue weighted by Gasteiger charge is 2.12. The molecule has 0 heterocycles. The highest BCUT2D eigenvalue weighted by Crippen LogP contribution is 2.23. The van der Waals surface area contributed by atoms with Gasteiger partial charge in [-0.05, 0) is 55.7 Å². The van der Waals surface area contributed by atoms with Gasteiger partial charge in [-0.1, -0.05) is 24.6 Å². The van der Waals surface area contributed by atoms with Crippen LogP contribution in [-0.2, 0) is 4.79 Å². The predicted octanol–water partition coefficient (Wildman–Crippen LogP) is 5.31. The van der Waals surface area contributed by atoms with Crippen molar-refractivity contribution >= 4 is 11.5 Å². The highest BCUT2D eigenvalue weighted by molar-refractivity contribution is 5.95. The topological polar surface area (TPSA) is 38.3 Å². The van der Waals surface area contributed by atoms with E-state index in [0.29, 0.717) is 6.42 Å². The average molecular weight is 307 g/mol. The van der Waals surface area contributed by atoms with E-state index in [4.69, 9.17) is 4.74 Å². The summed E-state index contributed by atoms with van der Waals surface area (Å²) in [5, 5.41) is 3.23. The van der Waals surface area contributed by atoms with Gasteiger partial charge in [0, 0.05) is 23.9 Å². The molecule has 3 rings (SSSR count). The van der Waals surface area contributed by atoms with Crippen LogP contribution in [0.2, 0.25) is 0 Å². The van der Waals surface area contributed by atoms with E-state index >= 15 is 0 Å². The molecule has 3 heteroatoms. The maximum Gasteiger partial charge on any atom is 0.160 e. The van der Waals surface area contributed by atoms with Crippen molar-refractivity contribution < 1.29 is 9.53 Å². The molecular formula is C20H21NO2. The number of anilines is 1. The van der Waals surface area contributed by atoms with Gasteiger partial charge in [0.05, 0.1) is 0 Å². The second-order valence-electron chi connectivity index (χ2n) is 5.74. The maximum absolute atomic E-state index is 12.0. The van der Waals surface area contributed by atoms with E-state index in [9.17, 15) is 4.79 Å². The normalized spacial score (nSPS) is 16.9. The van der Waals surface area contributed by atoms with Crippen LogP contribution in [-0.4, -0.2) is 5.78 Å². The zero-order chi connectivity index (χ0) is 15.9. The van der Waals surface area contributed by atoms with Crippen LogP contribution in [0, 0.1) is 0 Å². The first-order chi connectivity index (χ1) is 11.3. The van der Waals surface area contributed by atoms with Crippen molar-refractivity contribution in [1.82, 2.24) is 0 Å². The first-order valence-corrected chi connectivity index (χ1v) is 8.13. The van der Waals surface area contributed by atoms with Gasteiger partial charge < -0.3 is 10.1 Å². The van der Waals surface area contributed by atoms with E-state index in [0.717, 1.165) is 48.4 Å². The summed E-state index contributed by atoms with van der Waals surface area (Å²) >= 11 is 0. The number of nitrogens with one attached hydrogen (secondary N) is 1. The number of para-hydroxylation sites is 1. The molecule has 0 unspecified atom stereocenters. The molecule has 1 fully saturated rings. The molecule has 0 aromatic heterocycles. The van der Waals surface area contributed by atoms with Gasteiger partial charge in [0.25, 0.3) is 0 Å². The largest absolute Gasteiger partial charge is 0.457 e. The summed E-state index contributed by atoms with van der Waals surface area (Å²) in [4.78, 5) is 12.0. The summed E-state index contributed by atoms with van der Waals surface area (Å²) in [7, 11) is 0. The molecule has 0 bridgehead atoms. The van der Waals surface area contributed by atoms with Gasteiger partial charge in [0.15, 0.2) is 5.78 Å². The number of ether oxygens (including phenoxy) is 1. The molecule has 1 aliphatic carbocycles. The summed E-state index contributed by atoms with van der Waals surface area (Å²) < 4.78 is 5.76. The van der Waals surface area contributed by atoms with E-state index in [1.165, 1.54) is 0 Å². The number of hydrogen-bond donors (Lipinski definition) is 1. The Morgan fingerprint density at radius 1 is 0.826 bits per heavy atom. The number of hydrogen-bond acceptors (Lipinski definition) is 3. The molecule has 2 aromatic rings. The molecule has 118 valence electrons. The fourth-order valence-electron chi connectivity index (χ4n) is 2.64. The number of Topliss-reactive ketones (excluding diaryl/α,β-unsaturated/α-hetero) is 1. The third-order valence-electron chi connectivity index (χ3n) is 3.95. The van der Waals surface area contributed by atoms with Crippen molar-refractivity contribution in [3.05, 3.63) is 66.4 Å². The van der Waals surface area contributed by atoms with Gasteiger partial charge in [0.1, 0.15) is 11.5 Å². The Kier molecular flexibility index (Phi) is 5.09. The molecule has 3 nitrogen and oxygen atoms in total. The first kappa shape index (κ1) is 15.3. The second-order valence-corrected chi connectivity index (χ2v) is 5.74. The molecule has 0 amide bonds. The van der Waals surface area contributed by atoms with Gasteiger partial charge in [-0.25, -0.2) is 0 Å². The molecule has 0 spiro atoms. The number of rotatable bonds is 4. The van der Waals surface area contributed by atoms with E-state index in [1.807, 2.05) is 60.8 Å². The third-order valence-corrected chi connectivity index (χ3v) is 3.95. The van der Waals surface area contributed by atoms with Gasteiger partial charge in [-0.2, -0.15) is 0 Å². The number of carbonyl (C=O) groups is 1. The molecule has 0 atom stereocenters. The summed E-state index contributed by atoms with van der Waals surface area (Å²) in [6.07, 6.45) is 6.68. The maximum atomic E-state index is 12.0. The highest BCUT2D eigenvalue weighted by atomic mass is 16.5. The third kappa shape index (κ3) is 4.46. The number of allylic oxidation sites excluding steroid dienone is 1. The minimum Gasteiger partial charge on any atom is -0.457 e. The number of ketones is 1. The van der Waals surface area contributed by atoms with Crippen LogP contribution in [0.3, 0.4) is 0 Å². The number of benzene rings is 2. The molecule has 2 aromatic carbocycles. The lowest BCUT2D eigenvalue weighted by atomic mass is 10.1. The quantitative estimate of drug-likeness (QED) is 0.614. The summed E-state index contributed by atoms with van der Waals surface area (Å²) in [6, 6.07) is 17.4. The zero-order valence-electron chi connectivity index (χ0n) is 13.1. The zero-order valence-corrected chi connectivity index (χ0v) is 13.1. The van der Waals surface area contributed by atoms with Crippen LogP contribution in [0.1, 0.15) is 32.1 Å². The van der Waals surface area contributed by atoms with Crippen LogP contribution >= 0.6 is 0 Å². The lowest BCUT2D eigenvalue weighted by Gasteiger charge is -2.08. The molecule has 23 heavy (non-hydrogen) atoms. The van der Waals surface area contributed by atoms with Crippen molar-refractivity contribution in [2.45, 2.75) is 32.1 Å². The molecule has 1 aliphatic rings. The van der Waals surface area contributed by atoms with Crippen LogP contribution < -0.4 is 10.1 Å². The smallest absolute Gasteiger partial charge is 0.160 e. The Labute approximate surface area is 137 Å². The van der Waals surface area contributed by atoms with E-state index < -0.39 is 0 Å². The molecule has 0 radical (unpaired) electrons. The van der Waals surface area contributed by atoms with E-state index in [-0.39, 0.29) is 5.78 Å². The van der Waals surface area contributed by atoms with E-state index in [2.05, 4.69) is 5.32 Å². The fraction of sp³-hybridized carbons (Fsp3) is 0.250. The Morgan fingerprint density at radius 2 is 1.52 bits per heavy atom. The lowest BCUT2D eigenvalue weighted by molar-refractivity contribution is -0.115. The number of carbonyl (C=O) groups excluding carboxylic acids is 1. The van der Waals surface area contributed by atoms with Crippen LogP contribution in [0.4, 0.5) is 5.69 Å². The van der Waals surface area contributed by atoms with E-state index in [1.54, 1.807) is 0 Å². The van der Waals surface area contributed by atoms with Gasteiger partial charge in [-0.15, -0.1) is 0 Å².